The van der Waals surface area contributed by atoms with E-state index < -0.39 is 0 Å². The topological polar surface area (TPSA) is 24.7 Å². The zero-order valence-corrected chi connectivity index (χ0v) is 11.2. The van der Waals surface area contributed by atoms with Crippen LogP contribution in [0.1, 0.15) is 58.3 Å². The van der Waals surface area contributed by atoms with E-state index in [4.69, 9.17) is 0 Å². The molecule has 0 saturated heterocycles. The maximum Gasteiger partial charge on any atom is 0.0600 e. The van der Waals surface area contributed by atoms with Gasteiger partial charge in [-0.3, -0.25) is 9.98 Å². The van der Waals surface area contributed by atoms with Crippen LogP contribution in [0.3, 0.4) is 0 Å². The molecular weight excluding hydrogens is 208 g/mol. The average Bonchev–Trinajstić information content (AvgIpc) is 2.36. The van der Waals surface area contributed by atoms with E-state index >= 15 is 0 Å². The summed E-state index contributed by atoms with van der Waals surface area (Å²) >= 11 is 0. The van der Waals surface area contributed by atoms with E-state index in [0.717, 1.165) is 13.1 Å². The van der Waals surface area contributed by atoms with Crippen molar-refractivity contribution in [2.45, 2.75) is 58.3 Å². The van der Waals surface area contributed by atoms with Crippen LogP contribution in [0.25, 0.3) is 0 Å². The fourth-order valence-electron chi connectivity index (χ4n) is 2.13. The molecule has 0 aromatic heterocycles. The van der Waals surface area contributed by atoms with Crippen molar-refractivity contribution in [1.29, 1.82) is 0 Å². The van der Waals surface area contributed by atoms with E-state index in [-0.39, 0.29) is 0 Å². The van der Waals surface area contributed by atoms with Gasteiger partial charge in [-0.05, 0) is 32.6 Å². The highest BCUT2D eigenvalue weighted by atomic mass is 14.7. The maximum atomic E-state index is 4.42. The van der Waals surface area contributed by atoms with Crippen LogP contribution in [0.2, 0.25) is 0 Å². The molecule has 1 aliphatic carbocycles. The van der Waals surface area contributed by atoms with Crippen LogP contribution in [-0.2, 0) is 0 Å². The van der Waals surface area contributed by atoms with Gasteiger partial charge in [0.05, 0.1) is 6.54 Å². The number of nitrogens with zero attached hydrogens (tertiary/aromatic N) is 2. The van der Waals surface area contributed by atoms with E-state index in [1.165, 1.54) is 56.9 Å². The first kappa shape index (κ1) is 14.1. The van der Waals surface area contributed by atoms with Crippen molar-refractivity contribution in [3.8, 4) is 0 Å². The largest absolute Gasteiger partial charge is 0.292 e. The summed E-state index contributed by atoms with van der Waals surface area (Å²) in [5, 5.41) is 0. The zero-order chi connectivity index (χ0) is 12.2. The van der Waals surface area contributed by atoms with Crippen LogP contribution < -0.4 is 0 Å². The standard InChI is InChI=1S/C15H26N2/c1-2-16-12-13-17-14-15-10-8-6-4-3-5-7-9-11-15/h10,12-13H,2-9,11,14H2,1H3/b15-10+,16-12?,17-13?. The Bertz CT molecular complexity index is 264. The molecule has 0 heterocycles. The van der Waals surface area contributed by atoms with Gasteiger partial charge in [0.25, 0.3) is 0 Å². The van der Waals surface area contributed by atoms with Crippen molar-refractivity contribution >= 4 is 12.4 Å². The van der Waals surface area contributed by atoms with Gasteiger partial charge in [0.15, 0.2) is 0 Å². The molecular formula is C15H26N2. The molecule has 1 aliphatic rings. The number of hydrogen-bond acceptors (Lipinski definition) is 2. The van der Waals surface area contributed by atoms with Crippen molar-refractivity contribution in [2.75, 3.05) is 13.1 Å². The summed E-state index contributed by atoms with van der Waals surface area (Å²) in [6.07, 6.45) is 16.9. The van der Waals surface area contributed by atoms with Crippen LogP contribution in [0.5, 0.6) is 0 Å². The molecule has 1 rings (SSSR count). The van der Waals surface area contributed by atoms with Crippen LogP contribution in [-0.4, -0.2) is 25.5 Å². The van der Waals surface area contributed by atoms with Crippen molar-refractivity contribution < 1.29 is 0 Å². The second kappa shape index (κ2) is 10.2. The highest BCUT2D eigenvalue weighted by Gasteiger charge is 1.99. The molecule has 2 nitrogen and oxygen atoms in total. The van der Waals surface area contributed by atoms with Gasteiger partial charge in [0, 0.05) is 19.0 Å². The smallest absolute Gasteiger partial charge is 0.0600 e. The fourth-order valence-corrected chi connectivity index (χ4v) is 2.13. The molecule has 0 unspecified atom stereocenters. The van der Waals surface area contributed by atoms with Gasteiger partial charge in [0.1, 0.15) is 0 Å². The highest BCUT2D eigenvalue weighted by molar-refractivity contribution is 6.16. The summed E-state index contributed by atoms with van der Waals surface area (Å²) < 4.78 is 0. The molecule has 0 saturated carbocycles. The SMILES string of the molecule is CCN=CC=NC/C1=C/CCCCCCCC1. The van der Waals surface area contributed by atoms with Crippen LogP contribution >= 0.6 is 0 Å². The van der Waals surface area contributed by atoms with Gasteiger partial charge in [-0.15, -0.1) is 0 Å². The summed E-state index contributed by atoms with van der Waals surface area (Å²) in [4.78, 5) is 8.54. The molecule has 0 aliphatic heterocycles. The first-order valence-electron chi connectivity index (χ1n) is 7.09. The Morgan fingerprint density at radius 2 is 1.71 bits per heavy atom. The fraction of sp³-hybridized carbons (Fsp3) is 0.733. The van der Waals surface area contributed by atoms with E-state index in [2.05, 4.69) is 16.1 Å². The van der Waals surface area contributed by atoms with Crippen LogP contribution in [0.4, 0.5) is 0 Å². The Hall–Kier alpha value is -0.920. The zero-order valence-electron chi connectivity index (χ0n) is 11.2. The van der Waals surface area contributed by atoms with Gasteiger partial charge in [0.2, 0.25) is 0 Å². The predicted molar refractivity (Wildman–Crippen MR) is 77.4 cm³/mol. The Balaban J connectivity index is 2.33. The van der Waals surface area contributed by atoms with Crippen molar-refractivity contribution in [3.05, 3.63) is 11.6 Å². The van der Waals surface area contributed by atoms with E-state index in [9.17, 15) is 0 Å². The normalized spacial score (nSPS) is 22.8. The molecule has 0 bridgehead atoms. The lowest BCUT2D eigenvalue weighted by molar-refractivity contribution is 0.583. The Labute approximate surface area is 106 Å². The molecule has 96 valence electrons. The third-order valence-corrected chi connectivity index (χ3v) is 3.14. The molecule has 2 heteroatoms. The maximum absolute atomic E-state index is 4.42. The minimum Gasteiger partial charge on any atom is -0.292 e. The lowest BCUT2D eigenvalue weighted by Gasteiger charge is -2.08. The van der Waals surface area contributed by atoms with E-state index in [1.54, 1.807) is 6.21 Å². The number of aliphatic imine (C=N–C) groups is 2. The minimum absolute atomic E-state index is 0.842. The lowest BCUT2D eigenvalue weighted by atomic mass is 10.0. The van der Waals surface area contributed by atoms with Crippen LogP contribution in [0, 0.1) is 0 Å². The third kappa shape index (κ3) is 7.89. The number of hydrogen-bond donors (Lipinski definition) is 0. The van der Waals surface area contributed by atoms with Gasteiger partial charge in [-0.1, -0.05) is 37.3 Å². The Morgan fingerprint density at radius 1 is 1.00 bits per heavy atom. The summed E-state index contributed by atoms with van der Waals surface area (Å²) in [7, 11) is 0. The molecule has 0 fully saturated rings. The Kier molecular flexibility index (Phi) is 8.53. The highest BCUT2D eigenvalue weighted by Crippen LogP contribution is 2.16. The molecule has 0 radical (unpaired) electrons. The van der Waals surface area contributed by atoms with Crippen molar-refractivity contribution in [3.63, 3.8) is 0 Å². The molecule has 0 atom stereocenters. The summed E-state index contributed by atoms with van der Waals surface area (Å²) in [5.41, 5.74) is 1.52. The first-order valence-corrected chi connectivity index (χ1v) is 7.09. The second-order valence-corrected chi connectivity index (χ2v) is 4.66. The van der Waals surface area contributed by atoms with Gasteiger partial charge < -0.3 is 0 Å². The molecule has 0 N–H and O–H groups in total. The first-order chi connectivity index (χ1) is 8.43. The molecule has 0 spiro atoms. The molecule has 0 aromatic rings. The van der Waals surface area contributed by atoms with Gasteiger partial charge in [-0.2, -0.15) is 0 Å². The number of allylic oxidation sites excluding steroid dienone is 1. The molecule has 0 amide bonds. The van der Waals surface area contributed by atoms with Crippen LogP contribution in [0.15, 0.2) is 21.6 Å². The predicted octanol–water partition coefficient (Wildman–Crippen LogP) is 4.21. The Morgan fingerprint density at radius 3 is 2.53 bits per heavy atom. The third-order valence-electron chi connectivity index (χ3n) is 3.14. The summed E-state index contributed by atoms with van der Waals surface area (Å²) in [6.45, 7) is 3.75. The molecule has 0 aromatic carbocycles. The van der Waals surface area contributed by atoms with Crippen molar-refractivity contribution in [1.82, 2.24) is 0 Å². The average molecular weight is 234 g/mol. The van der Waals surface area contributed by atoms with E-state index in [1.807, 2.05) is 13.1 Å². The summed E-state index contributed by atoms with van der Waals surface area (Å²) in [5.74, 6) is 0. The monoisotopic (exact) mass is 234 g/mol. The minimum atomic E-state index is 0.842. The number of rotatable bonds is 4. The van der Waals surface area contributed by atoms with Gasteiger partial charge in [-0.25, -0.2) is 0 Å². The quantitative estimate of drug-likeness (QED) is 0.514. The second-order valence-electron chi connectivity index (χ2n) is 4.66. The van der Waals surface area contributed by atoms with Gasteiger partial charge >= 0.3 is 0 Å². The lowest BCUT2D eigenvalue weighted by Crippen LogP contribution is -1.94. The summed E-state index contributed by atoms with van der Waals surface area (Å²) in [6, 6.07) is 0. The molecule has 17 heavy (non-hydrogen) atoms. The van der Waals surface area contributed by atoms with Crippen molar-refractivity contribution in [2.24, 2.45) is 9.98 Å². The van der Waals surface area contributed by atoms with E-state index in [0.29, 0.717) is 0 Å².